The topological polar surface area (TPSA) is 89.5 Å². The maximum atomic E-state index is 12.2. The lowest BCUT2D eigenvalue weighted by molar-refractivity contribution is -0.385. The highest BCUT2D eigenvalue weighted by atomic mass is 79.9. The number of carbonyl (C=O) groups is 1. The summed E-state index contributed by atoms with van der Waals surface area (Å²) < 4.78 is 2.85. The summed E-state index contributed by atoms with van der Waals surface area (Å²) in [4.78, 5) is 22.7. The van der Waals surface area contributed by atoms with E-state index in [9.17, 15) is 14.9 Å². The van der Waals surface area contributed by atoms with Gasteiger partial charge in [-0.15, -0.1) is 0 Å². The number of aryl methyl sites for hydroxylation is 1. The molecule has 0 fully saturated rings. The Labute approximate surface area is 186 Å². The highest BCUT2D eigenvalue weighted by molar-refractivity contribution is 9.10. The fourth-order valence-electron chi connectivity index (χ4n) is 3.16. The van der Waals surface area contributed by atoms with E-state index in [2.05, 4.69) is 26.5 Å². The summed E-state index contributed by atoms with van der Waals surface area (Å²) in [5, 5.41) is 15.7. The molecule has 30 heavy (non-hydrogen) atoms. The highest BCUT2D eigenvalue weighted by Crippen LogP contribution is 2.27. The molecular formula is C21H18BrClN4O3. The Morgan fingerprint density at radius 1 is 1.27 bits per heavy atom. The van der Waals surface area contributed by atoms with E-state index >= 15 is 0 Å². The number of hydrogen-bond donors (Lipinski definition) is 1. The van der Waals surface area contributed by atoms with Gasteiger partial charge in [-0.05, 0) is 54.0 Å². The third-order valence-corrected chi connectivity index (χ3v) is 5.80. The summed E-state index contributed by atoms with van der Waals surface area (Å²) in [6.07, 6.45) is 1.42. The molecule has 0 unspecified atom stereocenters. The van der Waals surface area contributed by atoms with Gasteiger partial charge >= 0.3 is 0 Å². The number of rotatable bonds is 6. The molecule has 1 heterocycles. The molecule has 0 saturated heterocycles. The number of benzene rings is 2. The molecule has 1 amide bonds. The highest BCUT2D eigenvalue weighted by Gasteiger charge is 2.15. The van der Waals surface area contributed by atoms with Gasteiger partial charge in [0.1, 0.15) is 0 Å². The first-order valence-corrected chi connectivity index (χ1v) is 10.1. The van der Waals surface area contributed by atoms with Crippen LogP contribution in [-0.2, 0) is 11.2 Å². The number of carbonyl (C=O) groups excluding carboxylic acids is 1. The molecule has 0 radical (unpaired) electrons. The minimum absolute atomic E-state index is 0.0895. The Kier molecular flexibility index (Phi) is 6.69. The Hall–Kier alpha value is -2.97. The minimum Gasteiger partial charge on any atom is -0.318 e. The average molecular weight is 490 g/mol. The summed E-state index contributed by atoms with van der Waals surface area (Å²) >= 11 is 9.60. The van der Waals surface area contributed by atoms with Crippen molar-refractivity contribution >= 4 is 45.3 Å². The predicted molar refractivity (Wildman–Crippen MR) is 120 cm³/mol. The van der Waals surface area contributed by atoms with Gasteiger partial charge in [-0.2, -0.15) is 5.10 Å². The summed E-state index contributed by atoms with van der Waals surface area (Å²) in [6.45, 7) is 3.91. The van der Waals surface area contributed by atoms with Crippen LogP contribution in [0, 0.1) is 24.0 Å². The third kappa shape index (κ3) is 4.77. The quantitative estimate of drug-likeness (QED) is 0.296. The molecule has 0 bridgehead atoms. The van der Waals surface area contributed by atoms with Gasteiger partial charge in [-0.1, -0.05) is 29.8 Å². The van der Waals surface area contributed by atoms with Crippen molar-refractivity contribution in [3.05, 3.63) is 90.7 Å². The van der Waals surface area contributed by atoms with E-state index in [0.717, 1.165) is 27.1 Å². The molecule has 1 aromatic heterocycles. The number of nitro groups is 1. The van der Waals surface area contributed by atoms with Gasteiger partial charge in [0, 0.05) is 38.7 Å². The first kappa shape index (κ1) is 21.7. The van der Waals surface area contributed by atoms with Crippen LogP contribution in [0.25, 0.3) is 5.69 Å². The van der Waals surface area contributed by atoms with Crippen LogP contribution >= 0.6 is 27.5 Å². The van der Waals surface area contributed by atoms with E-state index in [1.165, 1.54) is 6.07 Å². The van der Waals surface area contributed by atoms with E-state index in [1.54, 1.807) is 24.4 Å². The van der Waals surface area contributed by atoms with Gasteiger partial charge in [0.2, 0.25) is 5.91 Å². The number of aromatic nitrogens is 1. The number of hydrazone groups is 1. The molecule has 9 heteroatoms. The molecule has 3 rings (SSSR count). The average Bonchev–Trinajstić information content (AvgIpc) is 2.98. The molecule has 0 saturated carbocycles. The van der Waals surface area contributed by atoms with E-state index in [0.29, 0.717) is 10.6 Å². The van der Waals surface area contributed by atoms with Crippen molar-refractivity contribution in [2.45, 2.75) is 20.3 Å². The zero-order valence-corrected chi connectivity index (χ0v) is 18.6. The minimum atomic E-state index is -0.505. The maximum absolute atomic E-state index is 12.2. The standard InChI is InChI=1S/C21H18BrClN4O3/c1-13-9-16(14(2)26(13)17-7-8-18(22)19(23)11-17)12-24-25-21(28)10-15-5-3-4-6-20(15)27(29)30/h3-9,11-12H,10H2,1-2H3,(H,25,28)/b24-12+. The first-order chi connectivity index (χ1) is 14.3. The van der Waals surface area contributed by atoms with Crippen LogP contribution in [0.3, 0.4) is 0 Å². The number of amides is 1. The molecule has 0 aliphatic rings. The predicted octanol–water partition coefficient (Wildman–Crippen LogP) is 5.11. The molecular weight excluding hydrogens is 472 g/mol. The molecule has 1 N–H and O–H groups in total. The van der Waals surface area contributed by atoms with Gasteiger partial charge in [0.25, 0.3) is 5.69 Å². The zero-order chi connectivity index (χ0) is 21.8. The Balaban J connectivity index is 1.74. The van der Waals surface area contributed by atoms with Crippen LogP contribution in [0.2, 0.25) is 5.02 Å². The summed E-state index contributed by atoms with van der Waals surface area (Å²) in [5.74, 6) is -0.436. The zero-order valence-electron chi connectivity index (χ0n) is 16.2. The van der Waals surface area contributed by atoms with Crippen LogP contribution in [0.4, 0.5) is 5.69 Å². The largest absolute Gasteiger partial charge is 0.318 e. The Morgan fingerprint density at radius 3 is 2.70 bits per heavy atom. The molecule has 0 aliphatic carbocycles. The van der Waals surface area contributed by atoms with E-state index < -0.39 is 10.8 Å². The molecule has 3 aromatic rings. The fourth-order valence-corrected chi connectivity index (χ4v) is 3.59. The van der Waals surface area contributed by atoms with E-state index in [-0.39, 0.29) is 12.1 Å². The van der Waals surface area contributed by atoms with Gasteiger partial charge in [0.05, 0.1) is 22.6 Å². The lowest BCUT2D eigenvalue weighted by atomic mass is 10.1. The maximum Gasteiger partial charge on any atom is 0.273 e. The molecule has 7 nitrogen and oxygen atoms in total. The third-order valence-electron chi connectivity index (χ3n) is 4.56. The van der Waals surface area contributed by atoms with Crippen molar-refractivity contribution in [1.29, 1.82) is 0 Å². The molecule has 0 aliphatic heterocycles. The monoisotopic (exact) mass is 488 g/mol. The summed E-state index contributed by atoms with van der Waals surface area (Å²) in [5.41, 5.74) is 6.34. The number of para-hydroxylation sites is 1. The van der Waals surface area contributed by atoms with Crippen LogP contribution in [0.1, 0.15) is 22.5 Å². The SMILES string of the molecule is Cc1cc(/C=N/NC(=O)Cc2ccccc2[N+](=O)[O-])c(C)n1-c1ccc(Br)c(Cl)c1. The normalized spacial score (nSPS) is 11.1. The molecule has 154 valence electrons. The molecule has 0 atom stereocenters. The van der Waals surface area contributed by atoms with Crippen molar-refractivity contribution in [2.75, 3.05) is 0 Å². The second-order valence-corrected chi connectivity index (χ2v) is 7.88. The van der Waals surface area contributed by atoms with Crippen molar-refractivity contribution in [1.82, 2.24) is 9.99 Å². The number of halogens is 2. The van der Waals surface area contributed by atoms with Gasteiger partial charge in [-0.25, -0.2) is 5.43 Å². The van der Waals surface area contributed by atoms with Crippen LogP contribution in [0.15, 0.2) is 58.1 Å². The van der Waals surface area contributed by atoms with E-state index in [1.807, 2.05) is 42.7 Å². The molecule has 2 aromatic carbocycles. The number of nitro benzene ring substituents is 1. The van der Waals surface area contributed by atoms with Gasteiger partial charge in [-0.3, -0.25) is 14.9 Å². The number of nitrogens with one attached hydrogen (secondary N) is 1. The Morgan fingerprint density at radius 2 is 2.00 bits per heavy atom. The Bertz CT molecular complexity index is 1160. The van der Waals surface area contributed by atoms with Crippen molar-refractivity contribution in [3.8, 4) is 5.69 Å². The second kappa shape index (κ2) is 9.23. The second-order valence-electron chi connectivity index (χ2n) is 6.62. The fraction of sp³-hybridized carbons (Fsp3) is 0.143. The van der Waals surface area contributed by atoms with E-state index in [4.69, 9.17) is 11.6 Å². The van der Waals surface area contributed by atoms with Crippen molar-refractivity contribution < 1.29 is 9.72 Å². The van der Waals surface area contributed by atoms with Gasteiger partial charge < -0.3 is 4.57 Å². The van der Waals surface area contributed by atoms with Gasteiger partial charge in [0.15, 0.2) is 0 Å². The van der Waals surface area contributed by atoms with Crippen LogP contribution in [0.5, 0.6) is 0 Å². The molecule has 0 spiro atoms. The summed E-state index contributed by atoms with van der Waals surface area (Å²) in [6, 6.07) is 13.8. The van der Waals surface area contributed by atoms with Crippen LogP contribution < -0.4 is 5.43 Å². The summed E-state index contributed by atoms with van der Waals surface area (Å²) in [7, 11) is 0. The lowest BCUT2D eigenvalue weighted by Crippen LogP contribution is -2.20. The van der Waals surface area contributed by atoms with Crippen molar-refractivity contribution in [2.24, 2.45) is 5.10 Å². The number of nitrogens with zero attached hydrogens (tertiary/aromatic N) is 3. The number of hydrogen-bond acceptors (Lipinski definition) is 4. The smallest absolute Gasteiger partial charge is 0.273 e. The van der Waals surface area contributed by atoms with Crippen molar-refractivity contribution in [3.63, 3.8) is 0 Å². The van der Waals surface area contributed by atoms with Crippen LogP contribution in [-0.4, -0.2) is 21.6 Å². The lowest BCUT2D eigenvalue weighted by Gasteiger charge is -2.10. The first-order valence-electron chi connectivity index (χ1n) is 8.96.